The fourth-order valence-electron chi connectivity index (χ4n) is 3.68. The van der Waals surface area contributed by atoms with Crippen LogP contribution in [0, 0.1) is 12.8 Å². The molecule has 0 atom stereocenters. The Kier molecular flexibility index (Phi) is 21.0. The van der Waals surface area contributed by atoms with Crippen molar-refractivity contribution in [2.45, 2.75) is 80.1 Å². The molecule has 0 heterocycles. The molecule has 1 aliphatic rings. The van der Waals surface area contributed by atoms with Gasteiger partial charge in [-0.05, 0) is 89.1 Å². The maximum absolute atomic E-state index is 4.50. The van der Waals surface area contributed by atoms with Gasteiger partial charge in [0.25, 0.3) is 0 Å². The van der Waals surface area contributed by atoms with Gasteiger partial charge in [0, 0.05) is 11.4 Å². The second-order valence-electron chi connectivity index (χ2n) is 8.76. The summed E-state index contributed by atoms with van der Waals surface area (Å²) in [7, 11) is 1.50. The minimum atomic E-state index is 0.879. The fourth-order valence-corrected chi connectivity index (χ4v) is 3.68. The highest BCUT2D eigenvalue weighted by atomic mass is 14.9. The van der Waals surface area contributed by atoms with Crippen LogP contribution in [-0.2, 0) is 0 Å². The van der Waals surface area contributed by atoms with Crippen LogP contribution >= 0.6 is 0 Å². The number of terminal acetylenes is 1. The molecule has 0 amide bonds. The Labute approximate surface area is 217 Å². The predicted octanol–water partition coefficient (Wildman–Crippen LogP) is 9.62. The van der Waals surface area contributed by atoms with E-state index in [1.807, 2.05) is 26.0 Å². The van der Waals surface area contributed by atoms with E-state index >= 15 is 0 Å². The monoisotopic (exact) mass is 474 g/mol. The lowest BCUT2D eigenvalue weighted by atomic mass is 9.98. The summed E-state index contributed by atoms with van der Waals surface area (Å²) in [6, 6.07) is 8.43. The minimum Gasteiger partial charge on any atom is -0.356 e. The van der Waals surface area contributed by atoms with Gasteiger partial charge in [0.2, 0.25) is 0 Å². The molecule has 1 aliphatic carbocycles. The van der Waals surface area contributed by atoms with Gasteiger partial charge < -0.3 is 11.1 Å². The van der Waals surface area contributed by atoms with Crippen molar-refractivity contribution in [3.63, 3.8) is 0 Å². The van der Waals surface area contributed by atoms with Crippen molar-refractivity contribution in [1.29, 1.82) is 0 Å². The van der Waals surface area contributed by atoms with Gasteiger partial charge in [0.05, 0.1) is 0 Å². The van der Waals surface area contributed by atoms with E-state index in [0.29, 0.717) is 0 Å². The number of hydrogen-bond acceptors (Lipinski definition) is 2. The van der Waals surface area contributed by atoms with Crippen LogP contribution in [0.3, 0.4) is 0 Å². The van der Waals surface area contributed by atoms with Crippen molar-refractivity contribution in [1.82, 2.24) is 0 Å². The Hall–Kier alpha value is -3.02. The Morgan fingerprint density at radius 1 is 0.829 bits per heavy atom. The van der Waals surface area contributed by atoms with Crippen molar-refractivity contribution in [3.05, 3.63) is 95.3 Å². The van der Waals surface area contributed by atoms with Crippen LogP contribution in [0.15, 0.2) is 89.7 Å². The summed E-state index contributed by atoms with van der Waals surface area (Å²) in [6.45, 7) is 20.6. The molecule has 2 rings (SSSR count). The summed E-state index contributed by atoms with van der Waals surface area (Å²) in [4.78, 5) is 0. The topological polar surface area (TPSA) is 38.0 Å². The molecule has 1 aromatic carbocycles. The lowest BCUT2D eigenvalue weighted by molar-refractivity contribution is 0.504. The number of hydrogen-bond donors (Lipinski definition) is 2. The van der Waals surface area contributed by atoms with E-state index in [2.05, 4.69) is 101 Å². The fraction of sp³-hybridized carbons (Fsp3) is 0.394. The third-order valence-corrected chi connectivity index (χ3v) is 5.34. The van der Waals surface area contributed by atoms with Crippen LogP contribution < -0.4 is 11.1 Å². The molecule has 0 spiro atoms. The summed E-state index contributed by atoms with van der Waals surface area (Å²) in [5.74, 6) is 0. The summed E-state index contributed by atoms with van der Waals surface area (Å²) in [6.07, 6.45) is 25.3. The van der Waals surface area contributed by atoms with E-state index < -0.39 is 0 Å². The van der Waals surface area contributed by atoms with E-state index in [9.17, 15) is 0 Å². The van der Waals surface area contributed by atoms with Crippen LogP contribution in [0.4, 0.5) is 5.69 Å². The molecule has 1 fully saturated rings. The second-order valence-corrected chi connectivity index (χ2v) is 8.76. The van der Waals surface area contributed by atoms with Crippen molar-refractivity contribution in [2.24, 2.45) is 5.73 Å². The van der Waals surface area contributed by atoms with Crippen LogP contribution in [0.25, 0.3) is 5.57 Å². The van der Waals surface area contributed by atoms with Gasteiger partial charge in [-0.1, -0.05) is 93.2 Å². The van der Waals surface area contributed by atoms with Gasteiger partial charge in [-0.25, -0.2) is 0 Å². The summed E-state index contributed by atoms with van der Waals surface area (Å²) < 4.78 is 0. The van der Waals surface area contributed by atoms with Gasteiger partial charge in [0.15, 0.2) is 0 Å². The Balaban J connectivity index is 0. The lowest BCUT2D eigenvalue weighted by Crippen LogP contribution is -1.96. The van der Waals surface area contributed by atoms with E-state index in [1.54, 1.807) is 0 Å². The maximum Gasteiger partial charge on any atom is 0.0384 e. The molecule has 3 N–H and O–H groups in total. The highest BCUT2D eigenvalue weighted by Crippen LogP contribution is 2.23. The largest absolute Gasteiger partial charge is 0.356 e. The van der Waals surface area contributed by atoms with Crippen molar-refractivity contribution in [2.75, 3.05) is 12.4 Å². The maximum atomic E-state index is 4.50. The number of benzene rings is 1. The Bertz CT molecular complexity index is 867. The molecule has 0 unspecified atom stereocenters. The molecule has 2 nitrogen and oxygen atoms in total. The smallest absolute Gasteiger partial charge is 0.0384 e. The summed E-state index contributed by atoms with van der Waals surface area (Å²) in [5, 5.41) is 3.33. The number of anilines is 1. The van der Waals surface area contributed by atoms with E-state index in [-0.39, 0.29) is 0 Å². The normalized spacial score (nSPS) is 13.1. The SMILES string of the molecule is C#C.C1CCCCC1.C=C(/C=C(C)\C=C/C)Nc1ccc(/C(C)=C/C(C(=C)C)=C(C)C)cc1.CN. The molecule has 0 bridgehead atoms. The van der Waals surface area contributed by atoms with E-state index in [0.717, 1.165) is 17.0 Å². The zero-order chi connectivity index (χ0) is 27.2. The molecule has 0 radical (unpaired) electrons. The molecule has 1 aromatic rings. The number of allylic oxidation sites excluding steroid dienone is 9. The first-order valence-electron chi connectivity index (χ1n) is 12.5. The van der Waals surface area contributed by atoms with Crippen molar-refractivity contribution in [3.8, 4) is 12.8 Å². The first-order valence-corrected chi connectivity index (χ1v) is 12.5. The van der Waals surface area contributed by atoms with Gasteiger partial charge in [-0.3, -0.25) is 0 Å². The predicted molar refractivity (Wildman–Crippen MR) is 162 cm³/mol. The third-order valence-electron chi connectivity index (χ3n) is 5.34. The average Bonchev–Trinajstić information content (AvgIpc) is 2.86. The number of rotatable bonds is 7. The molecular weight excluding hydrogens is 424 g/mol. The molecule has 1 saturated carbocycles. The molecule has 0 saturated heterocycles. The lowest BCUT2D eigenvalue weighted by Gasteiger charge is -2.10. The van der Waals surface area contributed by atoms with Gasteiger partial charge >= 0.3 is 0 Å². The minimum absolute atomic E-state index is 0.879. The van der Waals surface area contributed by atoms with Crippen LogP contribution in [0.2, 0.25) is 0 Å². The average molecular weight is 475 g/mol. The molecule has 0 aromatic heterocycles. The van der Waals surface area contributed by atoms with Gasteiger partial charge in [-0.2, -0.15) is 0 Å². The summed E-state index contributed by atoms with van der Waals surface area (Å²) >= 11 is 0. The van der Waals surface area contributed by atoms with Gasteiger partial charge in [0.1, 0.15) is 0 Å². The van der Waals surface area contributed by atoms with E-state index in [1.165, 1.54) is 73.4 Å². The zero-order valence-electron chi connectivity index (χ0n) is 23.5. The van der Waals surface area contributed by atoms with Crippen LogP contribution in [0.1, 0.15) is 85.6 Å². The Morgan fingerprint density at radius 3 is 1.66 bits per heavy atom. The highest BCUT2D eigenvalue weighted by molar-refractivity contribution is 5.70. The third kappa shape index (κ3) is 16.3. The summed E-state index contributed by atoms with van der Waals surface area (Å²) in [5.41, 5.74) is 13.6. The molecular formula is C33H50N2. The first-order chi connectivity index (χ1) is 16.7. The van der Waals surface area contributed by atoms with E-state index in [4.69, 9.17) is 0 Å². The van der Waals surface area contributed by atoms with Crippen LogP contribution in [-0.4, -0.2) is 7.05 Å². The second kappa shape index (κ2) is 21.5. The number of nitrogens with two attached hydrogens (primary N) is 1. The van der Waals surface area contributed by atoms with Gasteiger partial charge in [-0.15, -0.1) is 12.8 Å². The highest BCUT2D eigenvalue weighted by Gasteiger charge is 2.02. The number of nitrogens with one attached hydrogen (secondary N) is 1. The molecule has 2 heteroatoms. The zero-order valence-corrected chi connectivity index (χ0v) is 23.5. The van der Waals surface area contributed by atoms with Crippen molar-refractivity contribution < 1.29 is 0 Å². The van der Waals surface area contributed by atoms with Crippen LogP contribution in [0.5, 0.6) is 0 Å². The van der Waals surface area contributed by atoms with Crippen molar-refractivity contribution >= 4 is 11.3 Å². The quantitative estimate of drug-likeness (QED) is 0.305. The Morgan fingerprint density at radius 2 is 1.29 bits per heavy atom. The molecule has 35 heavy (non-hydrogen) atoms. The standard InChI is InChI=1S/C24H31N.C6H12.C2H2.CH5N/c1-9-10-19(6)15-21(8)25-23-13-11-22(12-14-23)20(7)16-24(17(2)3)18(4)5;1-2-4-6-5-3-1;2*1-2/h9-16,25H,2,8H2,1,3-7H3;1-6H2;1-2H;2H2,1H3/b10-9-,19-15-,20-16+;;;. The first kappa shape index (κ1) is 34.1. The molecule has 0 aliphatic heterocycles. The molecule has 192 valence electrons.